The number of ether oxygens (including phenoxy) is 1. The third-order valence-electron chi connectivity index (χ3n) is 3.29. The number of benzene rings is 2. The van der Waals surface area contributed by atoms with Gasteiger partial charge >= 0.3 is 5.97 Å². The van der Waals surface area contributed by atoms with Crippen molar-refractivity contribution in [3.63, 3.8) is 0 Å². The molecule has 138 valence electrons. The lowest BCUT2D eigenvalue weighted by Gasteiger charge is -2.06. The third kappa shape index (κ3) is 8.50. The first-order valence-corrected chi connectivity index (χ1v) is 9.16. The Kier molecular flexibility index (Phi) is 13.0. The highest BCUT2D eigenvalue weighted by atomic mass is 16.5. The van der Waals surface area contributed by atoms with Gasteiger partial charge in [0.2, 0.25) is 0 Å². The van der Waals surface area contributed by atoms with Crippen molar-refractivity contribution in [2.75, 3.05) is 13.2 Å². The topological polar surface area (TPSA) is 46.5 Å². The second-order valence-corrected chi connectivity index (χ2v) is 5.01. The maximum absolute atomic E-state index is 11.8. The highest BCUT2D eigenvalue weighted by molar-refractivity contribution is 5.90. The van der Waals surface area contributed by atoms with Crippen LogP contribution >= 0.6 is 0 Å². The second-order valence-electron chi connectivity index (χ2n) is 5.01. The van der Waals surface area contributed by atoms with E-state index >= 15 is 0 Å². The minimum atomic E-state index is -0.316. The van der Waals surface area contributed by atoms with Crippen LogP contribution in [-0.4, -0.2) is 24.3 Å². The highest BCUT2D eigenvalue weighted by Crippen LogP contribution is 2.20. The molecule has 0 aliphatic rings. The summed E-state index contributed by atoms with van der Waals surface area (Å²) in [4.78, 5) is 11.8. The molecule has 0 unspecified atom stereocenters. The molecular weight excluding hydrogens is 312 g/mol. The van der Waals surface area contributed by atoms with Gasteiger partial charge in [0.15, 0.2) is 0 Å². The summed E-state index contributed by atoms with van der Waals surface area (Å²) in [6.45, 7) is 10.5. The van der Waals surface area contributed by atoms with E-state index in [9.17, 15) is 4.79 Å². The van der Waals surface area contributed by atoms with Crippen LogP contribution in [0.5, 0.6) is 0 Å². The maximum Gasteiger partial charge on any atom is 0.338 e. The van der Waals surface area contributed by atoms with Crippen molar-refractivity contribution >= 4 is 5.97 Å². The first kappa shape index (κ1) is 22.9. The average molecular weight is 344 g/mol. The third-order valence-corrected chi connectivity index (χ3v) is 3.29. The van der Waals surface area contributed by atoms with Crippen LogP contribution in [0.3, 0.4) is 0 Å². The van der Waals surface area contributed by atoms with E-state index in [1.54, 1.807) is 12.1 Å². The van der Waals surface area contributed by atoms with Crippen molar-refractivity contribution in [3.8, 4) is 11.1 Å². The van der Waals surface area contributed by atoms with E-state index in [0.29, 0.717) is 25.0 Å². The SMILES string of the molecule is CC.CC.Cc1ccc(-c2ccc(C(=O)OCCCCO)cc2)cc1. The largest absolute Gasteiger partial charge is 0.462 e. The van der Waals surface area contributed by atoms with E-state index in [1.807, 2.05) is 39.8 Å². The molecule has 0 aliphatic carbocycles. The summed E-state index contributed by atoms with van der Waals surface area (Å²) in [5.41, 5.74) is 3.98. The van der Waals surface area contributed by atoms with E-state index in [2.05, 4.69) is 31.2 Å². The lowest BCUT2D eigenvalue weighted by atomic mass is 10.0. The maximum atomic E-state index is 11.8. The van der Waals surface area contributed by atoms with Crippen LogP contribution in [0.15, 0.2) is 48.5 Å². The number of rotatable bonds is 6. The minimum absolute atomic E-state index is 0.128. The molecule has 0 fully saturated rings. The Morgan fingerprint density at radius 3 is 1.80 bits per heavy atom. The molecule has 0 bridgehead atoms. The fraction of sp³-hybridized carbons (Fsp3) is 0.409. The molecule has 1 N–H and O–H groups in total. The molecule has 2 rings (SSSR count). The number of unbranched alkanes of at least 4 members (excludes halogenated alkanes) is 1. The quantitative estimate of drug-likeness (QED) is 0.544. The summed E-state index contributed by atoms with van der Waals surface area (Å²) in [6, 6.07) is 15.7. The summed E-state index contributed by atoms with van der Waals surface area (Å²) in [5, 5.41) is 8.66. The van der Waals surface area contributed by atoms with Crippen LogP contribution in [0.25, 0.3) is 11.1 Å². The van der Waals surface area contributed by atoms with Crippen molar-refractivity contribution in [1.29, 1.82) is 0 Å². The van der Waals surface area contributed by atoms with Gasteiger partial charge in [-0.3, -0.25) is 0 Å². The summed E-state index contributed by atoms with van der Waals surface area (Å²) >= 11 is 0. The van der Waals surface area contributed by atoms with Gasteiger partial charge < -0.3 is 9.84 Å². The fourth-order valence-corrected chi connectivity index (χ4v) is 2.01. The highest BCUT2D eigenvalue weighted by Gasteiger charge is 2.07. The van der Waals surface area contributed by atoms with E-state index < -0.39 is 0 Å². The lowest BCUT2D eigenvalue weighted by molar-refractivity contribution is 0.0492. The molecule has 0 aromatic heterocycles. The van der Waals surface area contributed by atoms with Crippen LogP contribution in [0.2, 0.25) is 0 Å². The van der Waals surface area contributed by atoms with Crippen LogP contribution < -0.4 is 0 Å². The Bertz CT molecular complexity index is 571. The number of hydrogen-bond donors (Lipinski definition) is 1. The fourth-order valence-electron chi connectivity index (χ4n) is 2.01. The standard InChI is InChI=1S/C18H20O3.2C2H6/c1-14-4-6-15(7-5-14)16-8-10-17(11-9-16)18(20)21-13-3-2-12-19;2*1-2/h4-11,19H,2-3,12-13H2,1H3;2*1-2H3. The van der Waals surface area contributed by atoms with Crippen molar-refractivity contribution in [2.45, 2.75) is 47.5 Å². The summed E-state index contributed by atoms with van der Waals surface area (Å²) in [5.74, 6) is -0.316. The number of carbonyl (C=O) groups excluding carboxylic acids is 1. The van der Waals surface area contributed by atoms with Crippen LogP contribution in [-0.2, 0) is 4.74 Å². The minimum Gasteiger partial charge on any atom is -0.462 e. The molecule has 0 aliphatic heterocycles. The Morgan fingerprint density at radius 2 is 1.32 bits per heavy atom. The summed E-state index contributed by atoms with van der Waals surface area (Å²) < 4.78 is 5.14. The van der Waals surface area contributed by atoms with Gasteiger partial charge in [-0.1, -0.05) is 69.7 Å². The zero-order chi connectivity index (χ0) is 19.1. The number of hydrogen-bond acceptors (Lipinski definition) is 3. The first-order chi connectivity index (χ1) is 12.2. The Balaban J connectivity index is 0.00000134. The van der Waals surface area contributed by atoms with Gasteiger partial charge in [0.1, 0.15) is 0 Å². The molecule has 0 saturated carbocycles. The monoisotopic (exact) mass is 344 g/mol. The average Bonchev–Trinajstić information content (AvgIpc) is 2.69. The predicted octanol–water partition coefficient (Wildman–Crippen LogP) is 5.64. The van der Waals surface area contributed by atoms with E-state index in [1.165, 1.54) is 5.56 Å². The number of carbonyl (C=O) groups is 1. The Morgan fingerprint density at radius 1 is 0.840 bits per heavy atom. The van der Waals surface area contributed by atoms with Gasteiger partial charge in [-0.15, -0.1) is 0 Å². The summed E-state index contributed by atoms with van der Waals surface area (Å²) in [6.07, 6.45) is 1.34. The van der Waals surface area contributed by atoms with Gasteiger partial charge in [0, 0.05) is 6.61 Å². The first-order valence-electron chi connectivity index (χ1n) is 9.16. The number of aliphatic hydroxyl groups excluding tert-OH is 1. The van der Waals surface area contributed by atoms with Crippen molar-refractivity contribution in [1.82, 2.24) is 0 Å². The smallest absolute Gasteiger partial charge is 0.338 e. The normalized spacial score (nSPS) is 9.20. The van der Waals surface area contributed by atoms with E-state index in [-0.39, 0.29) is 12.6 Å². The van der Waals surface area contributed by atoms with Gasteiger partial charge in [-0.2, -0.15) is 0 Å². The molecule has 0 spiro atoms. The molecule has 0 heterocycles. The predicted molar refractivity (Wildman–Crippen MR) is 106 cm³/mol. The number of aliphatic hydroxyl groups is 1. The Labute approximate surface area is 152 Å². The molecule has 3 nitrogen and oxygen atoms in total. The Hall–Kier alpha value is -2.13. The molecule has 0 atom stereocenters. The van der Waals surface area contributed by atoms with Crippen LogP contribution in [0.1, 0.15) is 56.5 Å². The molecule has 2 aromatic carbocycles. The van der Waals surface area contributed by atoms with E-state index in [4.69, 9.17) is 9.84 Å². The van der Waals surface area contributed by atoms with E-state index in [0.717, 1.165) is 11.1 Å². The van der Waals surface area contributed by atoms with Crippen molar-refractivity contribution in [2.24, 2.45) is 0 Å². The van der Waals surface area contributed by atoms with Crippen LogP contribution in [0.4, 0.5) is 0 Å². The summed E-state index contributed by atoms with van der Waals surface area (Å²) in [7, 11) is 0. The van der Waals surface area contributed by atoms with Gasteiger partial charge in [-0.05, 0) is 43.0 Å². The molecule has 3 heteroatoms. The van der Waals surface area contributed by atoms with Gasteiger partial charge in [0.25, 0.3) is 0 Å². The molecule has 0 amide bonds. The van der Waals surface area contributed by atoms with Crippen LogP contribution in [0, 0.1) is 6.92 Å². The molecular formula is C22H32O3. The molecule has 0 saturated heterocycles. The second kappa shape index (κ2) is 14.2. The van der Waals surface area contributed by atoms with Crippen molar-refractivity contribution < 1.29 is 14.6 Å². The molecule has 0 radical (unpaired) electrons. The molecule has 25 heavy (non-hydrogen) atoms. The number of esters is 1. The molecule has 2 aromatic rings. The van der Waals surface area contributed by atoms with Gasteiger partial charge in [0.05, 0.1) is 12.2 Å². The van der Waals surface area contributed by atoms with Crippen molar-refractivity contribution in [3.05, 3.63) is 59.7 Å². The zero-order valence-electron chi connectivity index (χ0n) is 16.2. The van der Waals surface area contributed by atoms with Gasteiger partial charge in [-0.25, -0.2) is 4.79 Å². The number of aryl methyl sites for hydroxylation is 1. The zero-order valence-corrected chi connectivity index (χ0v) is 16.2. The lowest BCUT2D eigenvalue weighted by Crippen LogP contribution is -2.06.